The molecule has 8 nitrogen and oxygen atoms in total. The third-order valence-corrected chi connectivity index (χ3v) is 3.88. The van der Waals surface area contributed by atoms with E-state index in [1.54, 1.807) is 17.4 Å². The summed E-state index contributed by atoms with van der Waals surface area (Å²) in [5.74, 6) is -0.298. The molecule has 3 rings (SSSR count). The molecule has 0 bridgehead atoms. The fourth-order valence-electron chi connectivity index (χ4n) is 1.40. The van der Waals surface area contributed by atoms with Crippen LogP contribution in [0.4, 0.5) is 5.95 Å². The van der Waals surface area contributed by atoms with Gasteiger partial charge in [-0.3, -0.25) is 15.2 Å². The summed E-state index contributed by atoms with van der Waals surface area (Å²) in [6, 6.07) is 5.52. The number of aromatic nitrogens is 6. The molecule has 0 aliphatic heterocycles. The van der Waals surface area contributed by atoms with Crippen LogP contribution in [0, 0.1) is 0 Å². The predicted octanol–water partition coefficient (Wildman–Crippen LogP) is 1.67. The van der Waals surface area contributed by atoms with Crippen molar-refractivity contribution in [2.45, 2.75) is 0 Å². The molecular formula is C9H6BrN7OS. The Morgan fingerprint density at radius 2 is 2.26 bits per heavy atom. The van der Waals surface area contributed by atoms with Crippen LogP contribution in [0.1, 0.15) is 10.5 Å². The molecule has 0 fully saturated rings. The van der Waals surface area contributed by atoms with Gasteiger partial charge in [0.15, 0.2) is 5.69 Å². The number of carbonyl (C=O) groups excluding carboxylic acids is 1. The SMILES string of the molecule is O=C(Nc1nn[nH]n1)c1cc(-c2ccc(Br)s2)[nH]n1. The van der Waals surface area contributed by atoms with E-state index < -0.39 is 5.91 Å². The molecule has 3 aromatic heterocycles. The number of thiophene rings is 1. The molecule has 0 aliphatic carbocycles. The highest BCUT2D eigenvalue weighted by Crippen LogP contribution is 2.30. The summed E-state index contributed by atoms with van der Waals surface area (Å²) in [6.07, 6.45) is 0. The molecule has 0 unspecified atom stereocenters. The first-order chi connectivity index (χ1) is 9.22. The van der Waals surface area contributed by atoms with Crippen LogP contribution in [0.25, 0.3) is 10.6 Å². The molecule has 10 heteroatoms. The van der Waals surface area contributed by atoms with Gasteiger partial charge in [-0.15, -0.1) is 16.4 Å². The molecule has 0 saturated heterocycles. The van der Waals surface area contributed by atoms with E-state index in [1.165, 1.54) is 0 Å². The molecule has 0 saturated carbocycles. The van der Waals surface area contributed by atoms with Gasteiger partial charge in [0.25, 0.3) is 11.9 Å². The third-order valence-electron chi connectivity index (χ3n) is 2.22. The van der Waals surface area contributed by atoms with Crippen molar-refractivity contribution in [2.75, 3.05) is 5.32 Å². The normalized spacial score (nSPS) is 10.6. The molecule has 0 spiro atoms. The highest BCUT2D eigenvalue weighted by Gasteiger charge is 2.14. The summed E-state index contributed by atoms with van der Waals surface area (Å²) in [7, 11) is 0. The quantitative estimate of drug-likeness (QED) is 0.671. The minimum absolute atomic E-state index is 0.105. The lowest BCUT2D eigenvalue weighted by atomic mass is 10.3. The van der Waals surface area contributed by atoms with Gasteiger partial charge in [0.05, 0.1) is 14.4 Å². The third kappa shape index (κ3) is 2.53. The lowest BCUT2D eigenvalue weighted by Gasteiger charge is -1.94. The number of halogens is 1. The first kappa shape index (κ1) is 12.0. The largest absolute Gasteiger partial charge is 0.286 e. The highest BCUT2D eigenvalue weighted by molar-refractivity contribution is 9.11. The Balaban J connectivity index is 1.79. The Bertz CT molecular complexity index is 704. The number of H-pyrrole nitrogens is 2. The van der Waals surface area contributed by atoms with E-state index in [2.05, 4.69) is 52.1 Å². The number of nitrogens with zero attached hydrogens (tertiary/aromatic N) is 4. The molecule has 0 radical (unpaired) electrons. The minimum atomic E-state index is -0.403. The molecule has 3 heterocycles. The van der Waals surface area contributed by atoms with Crippen molar-refractivity contribution in [3.8, 4) is 10.6 Å². The highest BCUT2D eigenvalue weighted by atomic mass is 79.9. The first-order valence-corrected chi connectivity index (χ1v) is 6.69. The number of carbonyl (C=O) groups is 1. The molecule has 1 amide bonds. The Hall–Kier alpha value is -2.07. The predicted molar refractivity (Wildman–Crippen MR) is 71.7 cm³/mol. The van der Waals surface area contributed by atoms with Gasteiger partial charge in [0.1, 0.15) is 0 Å². The molecule has 3 aromatic rings. The van der Waals surface area contributed by atoms with Crippen molar-refractivity contribution in [2.24, 2.45) is 0 Å². The fourth-order valence-corrected chi connectivity index (χ4v) is 2.76. The maximum absolute atomic E-state index is 11.8. The van der Waals surface area contributed by atoms with Crippen molar-refractivity contribution in [3.63, 3.8) is 0 Å². The van der Waals surface area contributed by atoms with Crippen LogP contribution < -0.4 is 5.32 Å². The first-order valence-electron chi connectivity index (χ1n) is 5.08. The molecular weight excluding hydrogens is 334 g/mol. The van der Waals surface area contributed by atoms with Gasteiger partial charge in [0, 0.05) is 0 Å². The number of rotatable bonds is 3. The van der Waals surface area contributed by atoms with E-state index >= 15 is 0 Å². The average molecular weight is 340 g/mol. The van der Waals surface area contributed by atoms with E-state index in [0.29, 0.717) is 0 Å². The number of hydrogen-bond acceptors (Lipinski definition) is 6. The van der Waals surface area contributed by atoms with Crippen molar-refractivity contribution < 1.29 is 4.79 Å². The molecule has 0 aliphatic rings. The van der Waals surface area contributed by atoms with E-state index in [-0.39, 0.29) is 11.6 Å². The average Bonchev–Trinajstić information content (AvgIpc) is 3.07. The summed E-state index contributed by atoms with van der Waals surface area (Å²) >= 11 is 4.93. The standard InChI is InChI=1S/C9H6BrN7OS/c10-7-2-1-6(19-7)4-3-5(13-12-4)8(18)11-9-14-16-17-15-9/h1-3H,(H,12,13)(H2,11,14,15,16,17,18). The van der Waals surface area contributed by atoms with Gasteiger partial charge in [-0.05, 0) is 39.3 Å². The second-order valence-electron chi connectivity index (χ2n) is 3.46. The summed E-state index contributed by atoms with van der Waals surface area (Å²) < 4.78 is 1.01. The topological polar surface area (TPSA) is 112 Å². The Morgan fingerprint density at radius 1 is 1.37 bits per heavy atom. The zero-order valence-corrected chi connectivity index (χ0v) is 11.6. The molecule has 0 atom stereocenters. The summed E-state index contributed by atoms with van der Waals surface area (Å²) in [6.45, 7) is 0. The van der Waals surface area contributed by atoms with Crippen LogP contribution in [0.3, 0.4) is 0 Å². The van der Waals surface area contributed by atoms with Gasteiger partial charge in [-0.25, -0.2) is 0 Å². The number of nitrogens with one attached hydrogen (secondary N) is 3. The zero-order chi connectivity index (χ0) is 13.2. The maximum Gasteiger partial charge on any atom is 0.278 e. The van der Waals surface area contributed by atoms with Crippen LogP contribution in [0.15, 0.2) is 22.0 Å². The number of anilines is 1. The lowest BCUT2D eigenvalue weighted by molar-refractivity contribution is 0.102. The van der Waals surface area contributed by atoms with Gasteiger partial charge < -0.3 is 0 Å². The monoisotopic (exact) mass is 339 g/mol. The fraction of sp³-hybridized carbons (Fsp3) is 0. The zero-order valence-electron chi connectivity index (χ0n) is 9.22. The summed E-state index contributed by atoms with van der Waals surface area (Å²) in [5.41, 5.74) is 1.03. The summed E-state index contributed by atoms with van der Waals surface area (Å²) in [4.78, 5) is 12.8. The lowest BCUT2D eigenvalue weighted by Crippen LogP contribution is -2.13. The number of aromatic amines is 2. The molecule has 19 heavy (non-hydrogen) atoms. The van der Waals surface area contributed by atoms with Crippen LogP contribution >= 0.6 is 27.3 Å². The van der Waals surface area contributed by atoms with Crippen molar-refractivity contribution >= 4 is 39.1 Å². The second kappa shape index (κ2) is 4.90. The van der Waals surface area contributed by atoms with Crippen LogP contribution in [0.2, 0.25) is 0 Å². The van der Waals surface area contributed by atoms with Gasteiger partial charge in [-0.1, -0.05) is 5.10 Å². The van der Waals surface area contributed by atoms with Crippen molar-refractivity contribution in [1.29, 1.82) is 0 Å². The van der Waals surface area contributed by atoms with Crippen molar-refractivity contribution in [1.82, 2.24) is 30.8 Å². The smallest absolute Gasteiger partial charge is 0.278 e. The molecule has 3 N–H and O–H groups in total. The van der Waals surface area contributed by atoms with Gasteiger partial charge in [0.2, 0.25) is 0 Å². The maximum atomic E-state index is 11.8. The Morgan fingerprint density at radius 3 is 2.95 bits per heavy atom. The number of hydrogen-bond donors (Lipinski definition) is 3. The van der Waals surface area contributed by atoms with Crippen LogP contribution in [-0.2, 0) is 0 Å². The Labute approximate surface area is 118 Å². The number of amides is 1. The van der Waals surface area contributed by atoms with Crippen LogP contribution in [-0.4, -0.2) is 36.7 Å². The van der Waals surface area contributed by atoms with E-state index in [9.17, 15) is 4.79 Å². The Kier molecular flexibility index (Phi) is 3.09. The van der Waals surface area contributed by atoms with E-state index in [4.69, 9.17) is 0 Å². The van der Waals surface area contributed by atoms with Crippen LogP contribution in [0.5, 0.6) is 0 Å². The van der Waals surface area contributed by atoms with E-state index in [1.807, 2.05) is 12.1 Å². The second-order valence-corrected chi connectivity index (χ2v) is 5.92. The molecule has 96 valence electrons. The summed E-state index contributed by atoms with van der Waals surface area (Å²) in [5, 5.41) is 22.1. The van der Waals surface area contributed by atoms with Gasteiger partial charge >= 0.3 is 0 Å². The number of tetrazole rings is 1. The van der Waals surface area contributed by atoms with Gasteiger partial charge in [-0.2, -0.15) is 10.3 Å². The minimum Gasteiger partial charge on any atom is -0.286 e. The molecule has 0 aromatic carbocycles. The van der Waals surface area contributed by atoms with Crippen molar-refractivity contribution in [3.05, 3.63) is 27.7 Å². The van der Waals surface area contributed by atoms with E-state index in [0.717, 1.165) is 14.4 Å².